The highest BCUT2D eigenvalue weighted by atomic mass is 16.6. The van der Waals surface area contributed by atoms with Crippen LogP contribution >= 0.6 is 0 Å². The number of hydrogen-bond acceptors (Lipinski definition) is 4. The van der Waals surface area contributed by atoms with Crippen LogP contribution in [0.15, 0.2) is 24.3 Å². The molecule has 0 atom stereocenters. The molecule has 0 saturated carbocycles. The van der Waals surface area contributed by atoms with Crippen molar-refractivity contribution in [2.24, 2.45) is 0 Å². The first-order valence-corrected chi connectivity index (χ1v) is 6.13. The summed E-state index contributed by atoms with van der Waals surface area (Å²) in [4.78, 5) is 23.6. The molecule has 1 heterocycles. The Kier molecular flexibility index (Phi) is 4.33. The van der Waals surface area contributed by atoms with Gasteiger partial charge >= 0.3 is 0 Å². The molecule has 6 heteroatoms. The largest absolute Gasteiger partial charge is 0.484 e. The molecular weight excluding hydrogens is 248 g/mol. The predicted molar refractivity (Wildman–Crippen MR) is 68.7 cm³/mol. The minimum absolute atomic E-state index is 0.00486. The number of carbonyl (C=O) groups excluding carboxylic acids is 1. The summed E-state index contributed by atoms with van der Waals surface area (Å²) < 4.78 is 5.33. The van der Waals surface area contributed by atoms with Crippen molar-refractivity contribution in [3.8, 4) is 5.75 Å². The van der Waals surface area contributed by atoms with E-state index in [0.717, 1.165) is 25.9 Å². The van der Waals surface area contributed by atoms with Crippen LogP contribution in [-0.2, 0) is 4.79 Å². The zero-order valence-electron chi connectivity index (χ0n) is 10.4. The number of piperidine rings is 1. The van der Waals surface area contributed by atoms with Crippen LogP contribution in [0.2, 0.25) is 0 Å². The first-order chi connectivity index (χ1) is 9.16. The van der Waals surface area contributed by atoms with E-state index in [4.69, 9.17) is 4.74 Å². The molecule has 2 rings (SSSR count). The molecule has 19 heavy (non-hydrogen) atoms. The van der Waals surface area contributed by atoms with E-state index in [0.29, 0.717) is 5.75 Å². The fraction of sp³-hybridized carbons (Fsp3) is 0.385. The molecule has 0 unspecified atom stereocenters. The van der Waals surface area contributed by atoms with Gasteiger partial charge in [-0.2, -0.15) is 0 Å². The standard InChI is InChI=1S/C13H15N2O4/c16-13(14-8-2-1-3-9-14)10-19-12-6-4-11(5-7-12)15(17)18/h1,4-7H,2-3,8-10H2. The molecule has 0 spiro atoms. The molecule has 0 bridgehead atoms. The molecule has 1 saturated heterocycles. The molecule has 101 valence electrons. The van der Waals surface area contributed by atoms with E-state index in [1.807, 2.05) is 0 Å². The summed E-state index contributed by atoms with van der Waals surface area (Å²) >= 11 is 0. The van der Waals surface area contributed by atoms with Gasteiger partial charge in [0.2, 0.25) is 0 Å². The minimum atomic E-state index is -0.473. The topological polar surface area (TPSA) is 72.7 Å². The summed E-state index contributed by atoms with van der Waals surface area (Å²) in [5, 5.41) is 10.5. The number of likely N-dealkylation sites (tertiary alicyclic amines) is 1. The molecule has 1 fully saturated rings. The van der Waals surface area contributed by atoms with Crippen LogP contribution < -0.4 is 4.74 Å². The summed E-state index contributed by atoms with van der Waals surface area (Å²) in [6, 6.07) is 5.70. The van der Waals surface area contributed by atoms with Gasteiger partial charge in [-0.3, -0.25) is 14.9 Å². The van der Waals surface area contributed by atoms with E-state index in [2.05, 4.69) is 6.42 Å². The second kappa shape index (κ2) is 6.17. The van der Waals surface area contributed by atoms with Crippen molar-refractivity contribution >= 4 is 11.6 Å². The fourth-order valence-electron chi connectivity index (χ4n) is 1.90. The van der Waals surface area contributed by atoms with Crippen LogP contribution in [0.1, 0.15) is 12.8 Å². The first-order valence-electron chi connectivity index (χ1n) is 6.13. The Hall–Kier alpha value is -2.11. The molecule has 1 aliphatic rings. The highest BCUT2D eigenvalue weighted by Crippen LogP contribution is 2.17. The SMILES string of the molecule is O=C(COc1ccc([N+](=O)[O-])cc1)N1CC[CH]CC1. The number of amides is 1. The second-order valence-corrected chi connectivity index (χ2v) is 4.29. The maximum atomic E-state index is 11.8. The normalized spacial score (nSPS) is 15.1. The third kappa shape index (κ3) is 3.67. The van der Waals surface area contributed by atoms with E-state index in [1.165, 1.54) is 24.3 Å². The van der Waals surface area contributed by atoms with Crippen LogP contribution in [0.5, 0.6) is 5.75 Å². The number of hydrogen-bond donors (Lipinski definition) is 0. The van der Waals surface area contributed by atoms with Gasteiger partial charge in [0.1, 0.15) is 5.75 Å². The number of benzene rings is 1. The predicted octanol–water partition coefficient (Wildman–Crippen LogP) is 1.80. The van der Waals surface area contributed by atoms with E-state index in [9.17, 15) is 14.9 Å². The molecule has 0 aromatic heterocycles. The van der Waals surface area contributed by atoms with Gasteiger partial charge in [-0.05, 0) is 31.4 Å². The molecule has 1 aromatic rings. The lowest BCUT2D eigenvalue weighted by Crippen LogP contribution is -2.38. The number of ether oxygens (including phenoxy) is 1. The van der Waals surface area contributed by atoms with Gasteiger partial charge in [0.15, 0.2) is 6.61 Å². The quantitative estimate of drug-likeness (QED) is 0.613. The Balaban J connectivity index is 1.84. The number of carbonyl (C=O) groups is 1. The molecule has 1 aromatic carbocycles. The van der Waals surface area contributed by atoms with Crippen LogP contribution in [-0.4, -0.2) is 35.4 Å². The van der Waals surface area contributed by atoms with Gasteiger partial charge < -0.3 is 9.64 Å². The van der Waals surface area contributed by atoms with Gasteiger partial charge in [-0.25, -0.2) is 0 Å². The maximum absolute atomic E-state index is 11.8. The number of non-ortho nitro benzene ring substituents is 1. The Labute approximate surface area is 111 Å². The Morgan fingerprint density at radius 1 is 1.26 bits per heavy atom. The van der Waals surface area contributed by atoms with E-state index >= 15 is 0 Å². The summed E-state index contributed by atoms with van der Waals surface area (Å²) in [7, 11) is 0. The third-order valence-electron chi connectivity index (χ3n) is 2.97. The summed E-state index contributed by atoms with van der Waals surface area (Å²) in [6.07, 6.45) is 4.01. The summed E-state index contributed by atoms with van der Waals surface area (Å²) in [6.45, 7) is 1.45. The zero-order chi connectivity index (χ0) is 13.7. The van der Waals surface area contributed by atoms with E-state index in [-0.39, 0.29) is 18.2 Å². The highest BCUT2D eigenvalue weighted by Gasteiger charge is 2.16. The number of nitro benzene ring substituents is 1. The van der Waals surface area contributed by atoms with Crippen molar-refractivity contribution in [2.75, 3.05) is 19.7 Å². The Morgan fingerprint density at radius 3 is 2.47 bits per heavy atom. The Bertz CT molecular complexity index is 452. The van der Waals surface area contributed by atoms with Crippen LogP contribution in [0.25, 0.3) is 0 Å². The van der Waals surface area contributed by atoms with Gasteiger partial charge in [0.05, 0.1) is 4.92 Å². The molecule has 1 radical (unpaired) electrons. The lowest BCUT2D eigenvalue weighted by molar-refractivity contribution is -0.384. The zero-order valence-corrected chi connectivity index (χ0v) is 10.4. The van der Waals surface area contributed by atoms with Crippen LogP contribution in [0, 0.1) is 16.5 Å². The molecule has 1 amide bonds. The first kappa shape index (κ1) is 13.3. The lowest BCUT2D eigenvalue weighted by Gasteiger charge is -2.26. The average Bonchev–Trinajstić information content (AvgIpc) is 2.46. The lowest BCUT2D eigenvalue weighted by atomic mass is 10.1. The van der Waals surface area contributed by atoms with Crippen molar-refractivity contribution in [1.29, 1.82) is 0 Å². The van der Waals surface area contributed by atoms with Crippen molar-refractivity contribution in [1.82, 2.24) is 4.90 Å². The van der Waals surface area contributed by atoms with Gasteiger partial charge in [-0.15, -0.1) is 0 Å². The van der Waals surface area contributed by atoms with Crippen molar-refractivity contribution < 1.29 is 14.5 Å². The van der Waals surface area contributed by atoms with E-state index in [1.54, 1.807) is 4.90 Å². The monoisotopic (exact) mass is 263 g/mol. The number of rotatable bonds is 4. The average molecular weight is 263 g/mol. The minimum Gasteiger partial charge on any atom is -0.484 e. The van der Waals surface area contributed by atoms with Crippen LogP contribution in [0.3, 0.4) is 0 Å². The van der Waals surface area contributed by atoms with Gasteiger partial charge in [0, 0.05) is 25.2 Å². The van der Waals surface area contributed by atoms with Crippen molar-refractivity contribution in [2.45, 2.75) is 12.8 Å². The summed E-state index contributed by atoms with van der Waals surface area (Å²) in [5.74, 6) is 0.411. The molecular formula is C13H15N2O4. The van der Waals surface area contributed by atoms with Gasteiger partial charge in [0.25, 0.3) is 11.6 Å². The van der Waals surface area contributed by atoms with Crippen LogP contribution in [0.4, 0.5) is 5.69 Å². The smallest absolute Gasteiger partial charge is 0.269 e. The number of nitrogens with zero attached hydrogens (tertiary/aromatic N) is 2. The third-order valence-corrected chi connectivity index (χ3v) is 2.97. The van der Waals surface area contributed by atoms with Crippen molar-refractivity contribution in [3.63, 3.8) is 0 Å². The fourth-order valence-corrected chi connectivity index (χ4v) is 1.90. The number of nitro groups is 1. The Morgan fingerprint density at radius 2 is 1.89 bits per heavy atom. The maximum Gasteiger partial charge on any atom is 0.269 e. The molecule has 0 N–H and O–H groups in total. The second-order valence-electron chi connectivity index (χ2n) is 4.29. The molecule has 0 aliphatic carbocycles. The highest BCUT2D eigenvalue weighted by molar-refractivity contribution is 5.77. The summed E-state index contributed by atoms with van der Waals surface area (Å²) in [5.41, 5.74) is 0.00486. The van der Waals surface area contributed by atoms with Gasteiger partial charge in [-0.1, -0.05) is 0 Å². The van der Waals surface area contributed by atoms with E-state index < -0.39 is 4.92 Å². The molecule has 6 nitrogen and oxygen atoms in total. The van der Waals surface area contributed by atoms with Crippen molar-refractivity contribution in [3.05, 3.63) is 40.8 Å². The molecule has 1 aliphatic heterocycles.